The van der Waals surface area contributed by atoms with Gasteiger partial charge in [-0.3, -0.25) is 9.36 Å². The Hall–Kier alpha value is -4.06. The van der Waals surface area contributed by atoms with Crippen molar-refractivity contribution in [3.05, 3.63) is 112 Å². The Morgan fingerprint density at radius 2 is 1.72 bits per heavy atom. The van der Waals surface area contributed by atoms with E-state index in [1.807, 2.05) is 57.2 Å². The molecule has 2 heterocycles. The molecular weight excluding hydrogens is 696 g/mol. The van der Waals surface area contributed by atoms with Gasteiger partial charge in [0.25, 0.3) is 5.56 Å². The fraction of sp³-hybridized carbons (Fsp3) is 0.265. The maximum absolute atomic E-state index is 14.1. The van der Waals surface area contributed by atoms with E-state index < -0.39 is 12.0 Å². The maximum atomic E-state index is 14.1. The van der Waals surface area contributed by atoms with Crippen LogP contribution in [0.2, 0.25) is 5.02 Å². The summed E-state index contributed by atoms with van der Waals surface area (Å²) in [6, 6.07) is 15.7. The molecule has 1 aliphatic heterocycles. The van der Waals surface area contributed by atoms with Crippen LogP contribution in [0.1, 0.15) is 43.5 Å². The summed E-state index contributed by atoms with van der Waals surface area (Å²) in [5, 5.41) is 0.625. The van der Waals surface area contributed by atoms with Crippen molar-refractivity contribution >= 4 is 50.9 Å². The summed E-state index contributed by atoms with van der Waals surface area (Å²) in [4.78, 5) is 31.9. The van der Waals surface area contributed by atoms with Gasteiger partial charge >= 0.3 is 5.97 Å². The summed E-state index contributed by atoms with van der Waals surface area (Å²) < 4.78 is 31.3. The van der Waals surface area contributed by atoms with Crippen LogP contribution in [0.3, 0.4) is 0 Å². The van der Waals surface area contributed by atoms with Gasteiger partial charge in [-0.05, 0) is 95.9 Å². The van der Waals surface area contributed by atoms with E-state index in [2.05, 4.69) is 20.9 Å². The molecule has 3 aromatic carbocycles. The minimum atomic E-state index is -0.797. The molecule has 4 aromatic rings. The summed E-state index contributed by atoms with van der Waals surface area (Å²) in [7, 11) is 1.30. The molecule has 0 N–H and O–H groups in total. The first-order valence-corrected chi connectivity index (χ1v) is 16.6. The van der Waals surface area contributed by atoms with E-state index in [1.54, 1.807) is 24.3 Å². The van der Waals surface area contributed by atoms with Crippen LogP contribution in [-0.2, 0) is 16.1 Å². The Morgan fingerprint density at radius 3 is 2.43 bits per heavy atom. The van der Waals surface area contributed by atoms with E-state index in [-0.39, 0.29) is 17.7 Å². The molecule has 1 aromatic heterocycles. The first-order chi connectivity index (χ1) is 22.3. The van der Waals surface area contributed by atoms with E-state index in [4.69, 9.17) is 35.3 Å². The molecule has 240 valence electrons. The normalized spacial score (nSPS) is 14.2. The van der Waals surface area contributed by atoms with Crippen molar-refractivity contribution in [3.8, 4) is 23.0 Å². The Morgan fingerprint density at radius 1 is 0.978 bits per heavy atom. The van der Waals surface area contributed by atoms with Crippen molar-refractivity contribution < 1.29 is 28.5 Å². The number of methoxy groups -OCH3 is 1. The largest absolute Gasteiger partial charge is 0.490 e. The summed E-state index contributed by atoms with van der Waals surface area (Å²) >= 11 is 11.0. The minimum absolute atomic E-state index is 0.218. The number of carbonyl (C=O) groups is 1. The average Bonchev–Trinajstić information content (AvgIpc) is 3.35. The highest BCUT2D eigenvalue weighted by Gasteiger charge is 2.31. The third-order valence-corrected chi connectivity index (χ3v) is 8.73. The van der Waals surface area contributed by atoms with Gasteiger partial charge in [-0.25, -0.2) is 9.79 Å². The monoisotopic (exact) mass is 726 g/mol. The molecule has 9 nitrogen and oxygen atoms in total. The Bertz CT molecular complexity index is 1970. The van der Waals surface area contributed by atoms with Gasteiger partial charge in [0, 0.05) is 11.2 Å². The second-order valence-electron chi connectivity index (χ2n) is 9.93. The van der Waals surface area contributed by atoms with Crippen LogP contribution in [-0.4, -0.2) is 37.5 Å². The number of carbonyl (C=O) groups excluding carboxylic acids is 1. The Balaban J connectivity index is 1.57. The number of hydrogen-bond acceptors (Lipinski definition) is 9. The molecule has 0 amide bonds. The standard InChI is InChI=1S/C34H32BrClN2O7S/c1-5-42-26-12-11-22(17-27(26)43-6-2)30-24(33(40)41-4)18-37-34-38(30)32(39)29(46-34)16-21-14-25(35)31(28(15-21)44-7-3)45-19-20-9-8-10-23(36)13-20/h8-18,30H,5-7,19H2,1-4H3/b29-16+/t30-/m1/s1. The molecule has 1 atom stereocenters. The van der Waals surface area contributed by atoms with Gasteiger partial charge in [0.2, 0.25) is 0 Å². The number of hydrogen-bond donors (Lipinski definition) is 0. The van der Waals surface area contributed by atoms with Crippen molar-refractivity contribution in [2.45, 2.75) is 33.4 Å². The summed E-state index contributed by atoms with van der Waals surface area (Å²) in [6.45, 7) is 7.21. The van der Waals surface area contributed by atoms with Crippen LogP contribution in [0.5, 0.6) is 23.0 Å². The third kappa shape index (κ3) is 7.16. The quantitative estimate of drug-likeness (QED) is 0.160. The lowest BCUT2D eigenvalue weighted by Crippen LogP contribution is -2.39. The van der Waals surface area contributed by atoms with Crippen LogP contribution in [0.25, 0.3) is 6.08 Å². The van der Waals surface area contributed by atoms with E-state index in [0.29, 0.717) is 72.8 Å². The molecule has 5 rings (SSSR count). The molecule has 0 aliphatic carbocycles. The molecular formula is C34H32BrClN2O7S. The van der Waals surface area contributed by atoms with Crippen LogP contribution < -0.4 is 33.8 Å². The van der Waals surface area contributed by atoms with E-state index in [9.17, 15) is 9.59 Å². The second kappa shape index (κ2) is 15.0. The average molecular weight is 728 g/mol. The fourth-order valence-electron chi connectivity index (χ4n) is 5.00. The predicted octanol–water partition coefficient (Wildman–Crippen LogP) is 6.21. The lowest BCUT2D eigenvalue weighted by Gasteiger charge is -2.23. The first-order valence-electron chi connectivity index (χ1n) is 14.6. The Labute approximate surface area is 283 Å². The van der Waals surface area contributed by atoms with Gasteiger partial charge < -0.3 is 23.7 Å². The number of nitrogens with zero attached hydrogens (tertiary/aromatic N) is 2. The molecule has 46 heavy (non-hydrogen) atoms. The number of rotatable bonds is 12. The van der Waals surface area contributed by atoms with Gasteiger partial charge in [-0.2, -0.15) is 0 Å². The lowest BCUT2D eigenvalue weighted by molar-refractivity contribution is -0.136. The molecule has 0 fully saturated rings. The molecule has 0 unspecified atom stereocenters. The number of esters is 1. The molecule has 0 saturated heterocycles. The van der Waals surface area contributed by atoms with Gasteiger partial charge in [0.05, 0.1) is 47.6 Å². The number of benzene rings is 3. The number of aromatic nitrogens is 1. The number of halogens is 2. The van der Waals surface area contributed by atoms with E-state index in [1.165, 1.54) is 29.2 Å². The smallest absolute Gasteiger partial charge is 0.337 e. The number of ether oxygens (including phenoxy) is 5. The summed E-state index contributed by atoms with van der Waals surface area (Å²) in [6.07, 6.45) is 3.22. The molecule has 0 saturated carbocycles. The van der Waals surface area contributed by atoms with Gasteiger partial charge in [0.1, 0.15) is 6.61 Å². The van der Waals surface area contributed by atoms with Crippen LogP contribution in [0.15, 0.2) is 80.6 Å². The summed E-state index contributed by atoms with van der Waals surface area (Å²) in [5.74, 6) is 1.54. The van der Waals surface area contributed by atoms with E-state index in [0.717, 1.165) is 5.56 Å². The highest BCUT2D eigenvalue weighted by Crippen LogP contribution is 2.38. The summed E-state index contributed by atoms with van der Waals surface area (Å²) in [5.41, 5.74) is 2.17. The second-order valence-corrected chi connectivity index (χ2v) is 12.2. The lowest BCUT2D eigenvalue weighted by atomic mass is 9.97. The van der Waals surface area contributed by atoms with Crippen LogP contribution in [0.4, 0.5) is 0 Å². The maximum Gasteiger partial charge on any atom is 0.337 e. The zero-order valence-corrected chi connectivity index (χ0v) is 28.8. The van der Waals surface area contributed by atoms with Crippen LogP contribution in [0, 0.1) is 0 Å². The predicted molar refractivity (Wildman–Crippen MR) is 181 cm³/mol. The van der Waals surface area contributed by atoms with Crippen molar-refractivity contribution in [1.82, 2.24) is 4.57 Å². The third-order valence-electron chi connectivity index (χ3n) is 6.91. The highest BCUT2D eigenvalue weighted by molar-refractivity contribution is 9.10. The van der Waals surface area contributed by atoms with Crippen LogP contribution >= 0.6 is 38.9 Å². The van der Waals surface area contributed by atoms with Crippen molar-refractivity contribution in [2.75, 3.05) is 26.9 Å². The van der Waals surface area contributed by atoms with Gasteiger partial charge in [0.15, 0.2) is 27.8 Å². The molecule has 0 spiro atoms. The van der Waals surface area contributed by atoms with E-state index >= 15 is 0 Å². The molecule has 12 heteroatoms. The Kier molecular flexibility index (Phi) is 10.9. The molecule has 0 bridgehead atoms. The highest BCUT2D eigenvalue weighted by atomic mass is 79.9. The van der Waals surface area contributed by atoms with Crippen molar-refractivity contribution in [2.24, 2.45) is 4.99 Å². The van der Waals surface area contributed by atoms with Gasteiger partial charge in [-0.1, -0.05) is 41.1 Å². The first kappa shape index (κ1) is 33.3. The van der Waals surface area contributed by atoms with Crippen molar-refractivity contribution in [3.63, 3.8) is 0 Å². The molecule has 0 radical (unpaired) electrons. The zero-order chi connectivity index (χ0) is 32.8. The van der Waals surface area contributed by atoms with Crippen molar-refractivity contribution in [1.29, 1.82) is 0 Å². The fourth-order valence-corrected chi connectivity index (χ4v) is 6.75. The molecule has 1 aliphatic rings. The minimum Gasteiger partial charge on any atom is -0.490 e. The zero-order valence-electron chi connectivity index (χ0n) is 25.7. The van der Waals surface area contributed by atoms with Gasteiger partial charge in [-0.15, -0.1) is 0 Å². The number of fused-ring (bicyclic) bond motifs is 1. The topological polar surface area (TPSA) is 97.6 Å². The SMILES string of the molecule is CCOc1ccc([C@@H]2C(C(=O)OC)=CN=c3s/c(=C/c4cc(Br)c(OCc5cccc(Cl)c5)c(OCC)c4)c(=O)n32)cc1OCC. The number of thiazole rings is 1.